The van der Waals surface area contributed by atoms with Gasteiger partial charge in [-0.25, -0.2) is 14.5 Å². The van der Waals surface area contributed by atoms with E-state index in [-0.39, 0.29) is 17.7 Å². The molecule has 1 saturated heterocycles. The molecule has 7 heteroatoms. The van der Waals surface area contributed by atoms with Crippen molar-refractivity contribution in [2.75, 3.05) is 25.1 Å². The van der Waals surface area contributed by atoms with E-state index < -0.39 is 5.97 Å². The standard InChI is InChI=1S/C23H28N4O3/c1-14(2)21-20-19(26-10-8-17(30-4)9-11-26)13-18(23(28)29)24-22(20)27(25-21)16-7-5-6-15(3)12-16/h5-7,12-14,17H,8-11H2,1-4H3,(H,28,29). The summed E-state index contributed by atoms with van der Waals surface area (Å²) < 4.78 is 7.30. The van der Waals surface area contributed by atoms with Gasteiger partial charge in [-0.1, -0.05) is 26.0 Å². The molecular weight excluding hydrogens is 380 g/mol. The molecule has 158 valence electrons. The molecule has 7 nitrogen and oxygen atoms in total. The minimum absolute atomic E-state index is 0.0375. The topological polar surface area (TPSA) is 80.5 Å². The quantitative estimate of drug-likeness (QED) is 0.683. The highest BCUT2D eigenvalue weighted by Crippen LogP contribution is 2.36. The molecule has 2 aromatic heterocycles. The highest BCUT2D eigenvalue weighted by Gasteiger charge is 2.27. The maximum Gasteiger partial charge on any atom is 0.354 e. The molecule has 1 aliphatic heterocycles. The molecule has 0 unspecified atom stereocenters. The first-order chi connectivity index (χ1) is 14.4. The molecule has 3 heterocycles. The third kappa shape index (κ3) is 3.65. The molecule has 0 spiro atoms. The third-order valence-corrected chi connectivity index (χ3v) is 5.77. The van der Waals surface area contributed by atoms with Crippen molar-refractivity contribution in [3.05, 3.63) is 47.3 Å². The first-order valence-corrected chi connectivity index (χ1v) is 10.4. The van der Waals surface area contributed by atoms with Crippen molar-refractivity contribution >= 4 is 22.7 Å². The Balaban J connectivity index is 1.96. The lowest BCUT2D eigenvalue weighted by molar-refractivity contribution is 0.0690. The normalized spacial score (nSPS) is 15.3. The molecule has 0 atom stereocenters. The van der Waals surface area contributed by atoms with E-state index in [0.29, 0.717) is 5.65 Å². The number of carbonyl (C=O) groups is 1. The minimum Gasteiger partial charge on any atom is -0.477 e. The number of anilines is 1. The van der Waals surface area contributed by atoms with Gasteiger partial charge in [-0.3, -0.25) is 0 Å². The molecule has 3 aromatic rings. The molecule has 1 fully saturated rings. The Morgan fingerprint density at radius 1 is 1.23 bits per heavy atom. The second-order valence-electron chi connectivity index (χ2n) is 8.24. The van der Waals surface area contributed by atoms with E-state index in [9.17, 15) is 9.90 Å². The monoisotopic (exact) mass is 408 g/mol. The number of pyridine rings is 1. The number of aromatic carboxylic acids is 1. The molecule has 1 N–H and O–H groups in total. The Kier molecular flexibility index (Phi) is 5.47. The summed E-state index contributed by atoms with van der Waals surface area (Å²) in [4.78, 5) is 18.7. The Labute approximate surface area is 176 Å². The molecule has 4 rings (SSSR count). The van der Waals surface area contributed by atoms with Crippen LogP contribution < -0.4 is 4.90 Å². The van der Waals surface area contributed by atoms with Crippen molar-refractivity contribution in [1.82, 2.24) is 14.8 Å². The number of nitrogens with zero attached hydrogens (tertiary/aromatic N) is 4. The number of fused-ring (bicyclic) bond motifs is 1. The van der Waals surface area contributed by atoms with E-state index in [0.717, 1.165) is 53.9 Å². The van der Waals surface area contributed by atoms with Gasteiger partial charge in [0.25, 0.3) is 0 Å². The van der Waals surface area contributed by atoms with Crippen LogP contribution in [0, 0.1) is 6.92 Å². The van der Waals surface area contributed by atoms with Crippen LogP contribution in [0.4, 0.5) is 5.69 Å². The second-order valence-corrected chi connectivity index (χ2v) is 8.24. The zero-order valence-corrected chi connectivity index (χ0v) is 17.9. The highest BCUT2D eigenvalue weighted by molar-refractivity contribution is 5.98. The Bertz CT molecular complexity index is 1080. The Hall–Kier alpha value is -2.93. The fraction of sp³-hybridized carbons (Fsp3) is 0.435. The summed E-state index contributed by atoms with van der Waals surface area (Å²) in [6.45, 7) is 7.86. The Morgan fingerprint density at radius 3 is 2.57 bits per heavy atom. The fourth-order valence-electron chi connectivity index (χ4n) is 4.16. The van der Waals surface area contributed by atoms with Crippen molar-refractivity contribution in [2.45, 2.75) is 45.6 Å². The second kappa shape index (κ2) is 8.07. The van der Waals surface area contributed by atoms with Crippen LogP contribution in [0.3, 0.4) is 0 Å². The van der Waals surface area contributed by atoms with Crippen molar-refractivity contribution in [3.8, 4) is 5.69 Å². The van der Waals surface area contributed by atoms with E-state index in [1.165, 1.54) is 0 Å². The van der Waals surface area contributed by atoms with Crippen LogP contribution in [0.15, 0.2) is 30.3 Å². The average Bonchev–Trinajstić information content (AvgIpc) is 3.13. The number of carboxylic acid groups (broad SMARTS) is 1. The van der Waals surface area contributed by atoms with E-state index >= 15 is 0 Å². The van der Waals surface area contributed by atoms with Gasteiger partial charge in [-0.2, -0.15) is 5.10 Å². The molecule has 0 saturated carbocycles. The number of carboxylic acids is 1. The van der Waals surface area contributed by atoms with E-state index in [2.05, 4.69) is 23.7 Å². The molecule has 0 bridgehead atoms. The van der Waals surface area contributed by atoms with Gasteiger partial charge in [0.1, 0.15) is 0 Å². The van der Waals surface area contributed by atoms with Gasteiger partial charge in [-0.15, -0.1) is 0 Å². The van der Waals surface area contributed by atoms with Gasteiger partial charge < -0.3 is 14.7 Å². The van der Waals surface area contributed by atoms with Gasteiger partial charge in [0.05, 0.1) is 28.6 Å². The number of benzene rings is 1. The minimum atomic E-state index is -1.03. The van der Waals surface area contributed by atoms with Crippen LogP contribution in [0.5, 0.6) is 0 Å². The van der Waals surface area contributed by atoms with Crippen LogP contribution in [-0.2, 0) is 4.74 Å². The van der Waals surface area contributed by atoms with Crippen molar-refractivity contribution in [1.29, 1.82) is 0 Å². The fourth-order valence-corrected chi connectivity index (χ4v) is 4.16. The zero-order chi connectivity index (χ0) is 21.4. The largest absolute Gasteiger partial charge is 0.477 e. The van der Waals surface area contributed by atoms with Crippen molar-refractivity contribution < 1.29 is 14.6 Å². The lowest BCUT2D eigenvalue weighted by Gasteiger charge is -2.33. The SMILES string of the molecule is COC1CCN(c2cc(C(=O)O)nc3c2c(C(C)C)nn3-c2cccc(C)c2)CC1. The number of aryl methyl sites for hydroxylation is 1. The smallest absolute Gasteiger partial charge is 0.354 e. The van der Waals surface area contributed by atoms with Gasteiger partial charge in [-0.05, 0) is 49.4 Å². The lowest BCUT2D eigenvalue weighted by Crippen LogP contribution is -2.37. The summed E-state index contributed by atoms with van der Waals surface area (Å²) >= 11 is 0. The average molecular weight is 409 g/mol. The highest BCUT2D eigenvalue weighted by atomic mass is 16.5. The predicted octanol–water partition coefficient (Wildman–Crippen LogP) is 4.17. The van der Waals surface area contributed by atoms with Gasteiger partial charge in [0.2, 0.25) is 0 Å². The van der Waals surface area contributed by atoms with Gasteiger partial charge in [0, 0.05) is 20.2 Å². The van der Waals surface area contributed by atoms with Crippen LogP contribution >= 0.6 is 0 Å². The molecule has 0 radical (unpaired) electrons. The van der Waals surface area contributed by atoms with Gasteiger partial charge >= 0.3 is 5.97 Å². The van der Waals surface area contributed by atoms with Crippen LogP contribution in [0.1, 0.15) is 54.4 Å². The first kappa shape index (κ1) is 20.3. The predicted molar refractivity (Wildman–Crippen MR) is 117 cm³/mol. The van der Waals surface area contributed by atoms with E-state index in [1.807, 2.05) is 31.2 Å². The third-order valence-electron chi connectivity index (χ3n) is 5.77. The summed E-state index contributed by atoms with van der Waals surface area (Å²) in [6.07, 6.45) is 2.06. The molecule has 0 amide bonds. The molecule has 0 aliphatic carbocycles. The molecule has 1 aliphatic rings. The molecular formula is C23H28N4O3. The summed E-state index contributed by atoms with van der Waals surface area (Å²) in [5, 5.41) is 15.6. The van der Waals surface area contributed by atoms with Crippen molar-refractivity contribution in [3.63, 3.8) is 0 Å². The molecule has 1 aromatic carbocycles. The summed E-state index contributed by atoms with van der Waals surface area (Å²) in [5.74, 6) is -0.862. The summed E-state index contributed by atoms with van der Waals surface area (Å²) in [7, 11) is 1.75. The van der Waals surface area contributed by atoms with E-state index in [4.69, 9.17) is 9.84 Å². The number of piperidine rings is 1. The maximum atomic E-state index is 11.9. The van der Waals surface area contributed by atoms with Gasteiger partial charge in [0.15, 0.2) is 11.3 Å². The van der Waals surface area contributed by atoms with Crippen LogP contribution in [0.25, 0.3) is 16.7 Å². The van der Waals surface area contributed by atoms with Crippen molar-refractivity contribution in [2.24, 2.45) is 0 Å². The summed E-state index contributed by atoms with van der Waals surface area (Å²) in [6, 6.07) is 9.72. The number of hydrogen-bond donors (Lipinski definition) is 1. The number of hydrogen-bond acceptors (Lipinski definition) is 5. The number of rotatable bonds is 5. The summed E-state index contributed by atoms with van der Waals surface area (Å²) in [5.41, 5.74) is 4.45. The number of aromatic nitrogens is 3. The first-order valence-electron chi connectivity index (χ1n) is 10.4. The number of ether oxygens (including phenoxy) is 1. The van der Waals surface area contributed by atoms with Crippen LogP contribution in [0.2, 0.25) is 0 Å². The Morgan fingerprint density at radius 2 is 1.97 bits per heavy atom. The number of methoxy groups -OCH3 is 1. The van der Waals surface area contributed by atoms with Crippen LogP contribution in [-0.4, -0.2) is 52.1 Å². The van der Waals surface area contributed by atoms with E-state index in [1.54, 1.807) is 17.9 Å². The lowest BCUT2D eigenvalue weighted by atomic mass is 10.0. The zero-order valence-electron chi connectivity index (χ0n) is 17.9. The maximum absolute atomic E-state index is 11.9. The molecule has 30 heavy (non-hydrogen) atoms.